The van der Waals surface area contributed by atoms with E-state index in [-0.39, 0.29) is 0 Å². The minimum absolute atomic E-state index is 0.417. The number of nitrogens with zero attached hydrogens (tertiary/aromatic N) is 3. The van der Waals surface area contributed by atoms with Crippen LogP contribution in [0, 0.1) is 0 Å². The number of aromatic nitrogens is 3. The van der Waals surface area contributed by atoms with Crippen molar-refractivity contribution in [2.45, 2.75) is 0 Å². The highest BCUT2D eigenvalue weighted by Gasteiger charge is 2.08. The summed E-state index contributed by atoms with van der Waals surface area (Å²) < 4.78 is 4.96. The van der Waals surface area contributed by atoms with Gasteiger partial charge in [0.2, 0.25) is 0 Å². The summed E-state index contributed by atoms with van der Waals surface area (Å²) in [6.07, 6.45) is 2.96. The van der Waals surface area contributed by atoms with E-state index in [0.29, 0.717) is 41.3 Å². The van der Waals surface area contributed by atoms with E-state index >= 15 is 0 Å². The van der Waals surface area contributed by atoms with Gasteiger partial charge < -0.3 is 21.1 Å². The topological polar surface area (TPSA) is 98.0 Å². The Kier molecular flexibility index (Phi) is 4.91. The SMILES string of the molecule is COCCNc1ncnc(Nc2ccc(Cl)cn2)c1N. The number of nitrogens with two attached hydrogens (primary N) is 1. The van der Waals surface area contributed by atoms with E-state index in [2.05, 4.69) is 25.6 Å². The van der Waals surface area contributed by atoms with Crippen molar-refractivity contribution in [3.63, 3.8) is 0 Å². The molecular weight excluding hydrogens is 280 g/mol. The van der Waals surface area contributed by atoms with E-state index in [0.717, 1.165) is 0 Å². The van der Waals surface area contributed by atoms with Crippen LogP contribution >= 0.6 is 11.6 Å². The monoisotopic (exact) mass is 294 g/mol. The first-order valence-electron chi connectivity index (χ1n) is 5.92. The third-order valence-electron chi connectivity index (χ3n) is 2.46. The molecule has 8 heteroatoms. The summed E-state index contributed by atoms with van der Waals surface area (Å²) in [5.41, 5.74) is 6.42. The van der Waals surface area contributed by atoms with Crippen LogP contribution in [0.4, 0.5) is 23.1 Å². The fraction of sp³-hybridized carbons (Fsp3) is 0.250. The van der Waals surface area contributed by atoms with Gasteiger partial charge in [0.05, 0.1) is 11.6 Å². The van der Waals surface area contributed by atoms with Gasteiger partial charge in [-0.1, -0.05) is 11.6 Å². The van der Waals surface area contributed by atoms with Crippen molar-refractivity contribution in [1.82, 2.24) is 15.0 Å². The Morgan fingerprint density at radius 1 is 1.25 bits per heavy atom. The highest BCUT2D eigenvalue weighted by atomic mass is 35.5. The number of halogens is 1. The Balaban J connectivity index is 2.11. The molecule has 20 heavy (non-hydrogen) atoms. The number of nitrogens with one attached hydrogen (secondary N) is 2. The first-order chi connectivity index (χ1) is 9.70. The van der Waals surface area contributed by atoms with E-state index in [9.17, 15) is 0 Å². The molecule has 0 aliphatic heterocycles. The molecule has 0 aliphatic carbocycles. The van der Waals surface area contributed by atoms with Crippen molar-refractivity contribution in [2.75, 3.05) is 36.6 Å². The highest BCUT2D eigenvalue weighted by Crippen LogP contribution is 2.25. The first kappa shape index (κ1) is 14.3. The van der Waals surface area contributed by atoms with Crippen LogP contribution in [0.5, 0.6) is 0 Å². The number of ether oxygens (including phenoxy) is 1. The third kappa shape index (κ3) is 3.69. The molecule has 2 aromatic heterocycles. The third-order valence-corrected chi connectivity index (χ3v) is 2.68. The molecule has 7 nitrogen and oxygen atoms in total. The Morgan fingerprint density at radius 2 is 2.05 bits per heavy atom. The van der Waals surface area contributed by atoms with Crippen LogP contribution in [0.2, 0.25) is 5.02 Å². The van der Waals surface area contributed by atoms with Gasteiger partial charge >= 0.3 is 0 Å². The quantitative estimate of drug-likeness (QED) is 0.700. The molecule has 0 aliphatic rings. The lowest BCUT2D eigenvalue weighted by molar-refractivity contribution is 0.210. The first-order valence-corrected chi connectivity index (χ1v) is 6.30. The van der Waals surface area contributed by atoms with E-state index in [1.807, 2.05) is 0 Å². The highest BCUT2D eigenvalue weighted by molar-refractivity contribution is 6.30. The van der Waals surface area contributed by atoms with Gasteiger partial charge in [0.15, 0.2) is 11.6 Å². The zero-order valence-corrected chi connectivity index (χ0v) is 11.7. The van der Waals surface area contributed by atoms with Crippen molar-refractivity contribution in [3.05, 3.63) is 29.7 Å². The van der Waals surface area contributed by atoms with Crippen molar-refractivity contribution in [3.8, 4) is 0 Å². The molecular formula is C12H15ClN6O. The predicted octanol–water partition coefficient (Wildman–Crippen LogP) is 1.91. The van der Waals surface area contributed by atoms with Crippen molar-refractivity contribution < 1.29 is 4.74 Å². The second-order valence-corrected chi connectivity index (χ2v) is 4.33. The Hall–Kier alpha value is -2.12. The van der Waals surface area contributed by atoms with Gasteiger partial charge in [-0.25, -0.2) is 15.0 Å². The van der Waals surface area contributed by atoms with Gasteiger partial charge in [0, 0.05) is 19.9 Å². The maximum absolute atomic E-state index is 6.00. The molecule has 0 saturated carbocycles. The van der Waals surface area contributed by atoms with Crippen molar-refractivity contribution in [1.29, 1.82) is 0 Å². The minimum atomic E-state index is 0.417. The average Bonchev–Trinajstić information content (AvgIpc) is 2.45. The molecule has 0 atom stereocenters. The van der Waals surface area contributed by atoms with Crippen LogP contribution in [0.3, 0.4) is 0 Å². The molecule has 0 saturated heterocycles. The molecule has 2 rings (SSSR count). The summed E-state index contributed by atoms with van der Waals surface area (Å²) >= 11 is 5.78. The zero-order valence-electron chi connectivity index (χ0n) is 10.9. The van der Waals surface area contributed by atoms with Gasteiger partial charge in [-0.3, -0.25) is 0 Å². The Morgan fingerprint density at radius 3 is 2.75 bits per heavy atom. The van der Waals surface area contributed by atoms with Crippen LogP contribution < -0.4 is 16.4 Å². The fourth-order valence-electron chi connectivity index (χ4n) is 1.48. The van der Waals surface area contributed by atoms with Crippen LogP contribution in [-0.4, -0.2) is 35.2 Å². The normalized spacial score (nSPS) is 10.3. The van der Waals surface area contributed by atoms with Gasteiger partial charge in [-0.05, 0) is 12.1 Å². The summed E-state index contributed by atoms with van der Waals surface area (Å²) in [4.78, 5) is 12.3. The molecule has 0 radical (unpaired) electrons. The molecule has 0 fully saturated rings. The lowest BCUT2D eigenvalue weighted by Gasteiger charge is -2.11. The second kappa shape index (κ2) is 6.88. The Labute approximate surface area is 121 Å². The molecule has 0 spiro atoms. The average molecular weight is 295 g/mol. The van der Waals surface area contributed by atoms with E-state index in [1.54, 1.807) is 25.4 Å². The van der Waals surface area contributed by atoms with Crippen LogP contribution in [0.1, 0.15) is 0 Å². The number of pyridine rings is 1. The van der Waals surface area contributed by atoms with Crippen LogP contribution in [0.25, 0.3) is 0 Å². The summed E-state index contributed by atoms with van der Waals surface area (Å²) in [5.74, 6) is 1.63. The molecule has 0 amide bonds. The number of rotatable bonds is 6. The van der Waals surface area contributed by atoms with E-state index < -0.39 is 0 Å². The minimum Gasteiger partial charge on any atom is -0.393 e. The molecule has 4 N–H and O–H groups in total. The van der Waals surface area contributed by atoms with Gasteiger partial charge in [-0.15, -0.1) is 0 Å². The van der Waals surface area contributed by atoms with Gasteiger partial charge in [0.25, 0.3) is 0 Å². The van der Waals surface area contributed by atoms with Crippen molar-refractivity contribution in [2.24, 2.45) is 0 Å². The van der Waals surface area contributed by atoms with Crippen LogP contribution in [-0.2, 0) is 4.74 Å². The second-order valence-electron chi connectivity index (χ2n) is 3.89. The van der Waals surface area contributed by atoms with Crippen LogP contribution in [0.15, 0.2) is 24.7 Å². The smallest absolute Gasteiger partial charge is 0.160 e. The fourth-order valence-corrected chi connectivity index (χ4v) is 1.59. The number of hydrogen-bond acceptors (Lipinski definition) is 7. The van der Waals surface area contributed by atoms with Gasteiger partial charge in [0.1, 0.15) is 17.8 Å². The molecule has 2 heterocycles. The maximum atomic E-state index is 6.00. The number of hydrogen-bond donors (Lipinski definition) is 3. The van der Waals surface area contributed by atoms with Gasteiger partial charge in [-0.2, -0.15) is 0 Å². The Bertz CT molecular complexity index is 562. The lowest BCUT2D eigenvalue weighted by atomic mass is 10.4. The predicted molar refractivity (Wildman–Crippen MR) is 79.3 cm³/mol. The summed E-state index contributed by atoms with van der Waals surface area (Å²) in [6.45, 7) is 1.17. The lowest BCUT2D eigenvalue weighted by Crippen LogP contribution is -2.12. The largest absolute Gasteiger partial charge is 0.393 e. The maximum Gasteiger partial charge on any atom is 0.160 e. The number of anilines is 4. The molecule has 0 unspecified atom stereocenters. The number of methoxy groups -OCH3 is 1. The molecule has 0 aromatic carbocycles. The van der Waals surface area contributed by atoms with E-state index in [4.69, 9.17) is 22.1 Å². The summed E-state index contributed by atoms with van der Waals surface area (Å²) in [5, 5.41) is 6.64. The molecule has 106 valence electrons. The number of nitrogen functional groups attached to an aromatic ring is 1. The summed E-state index contributed by atoms with van der Waals surface area (Å²) in [6, 6.07) is 3.47. The standard InChI is InChI=1S/C12H15ClN6O/c1-20-5-4-15-11-10(14)12(18-7-17-11)19-9-3-2-8(13)6-16-9/h2-3,6-7H,4-5,14H2,1H3,(H2,15,16,17,18,19). The zero-order chi connectivity index (χ0) is 14.4. The summed E-state index contributed by atoms with van der Waals surface area (Å²) in [7, 11) is 1.63. The van der Waals surface area contributed by atoms with E-state index in [1.165, 1.54) is 6.33 Å². The van der Waals surface area contributed by atoms with Crippen molar-refractivity contribution >= 4 is 34.7 Å². The molecule has 0 bridgehead atoms. The molecule has 2 aromatic rings.